The van der Waals surface area contributed by atoms with Crippen LogP contribution in [0.25, 0.3) is 0 Å². The minimum atomic E-state index is -0.124. The number of carbonyl (C=O) groups excluding carboxylic acids is 1. The van der Waals surface area contributed by atoms with E-state index in [2.05, 4.69) is 22.4 Å². The van der Waals surface area contributed by atoms with Crippen LogP contribution in [0.2, 0.25) is 0 Å². The normalized spacial score (nSPS) is 12.1. The van der Waals surface area contributed by atoms with Crippen LogP contribution in [0.4, 0.5) is 0 Å². The average Bonchev–Trinajstić information content (AvgIpc) is 2.88. The number of carbonyl (C=O) groups is 1. The minimum Gasteiger partial charge on any atom is -0.351 e. The second kappa shape index (κ2) is 7.17. The first kappa shape index (κ1) is 14.7. The van der Waals surface area contributed by atoms with Crippen molar-refractivity contribution in [1.29, 1.82) is 0 Å². The Morgan fingerprint density at radius 3 is 2.85 bits per heavy atom. The molecule has 1 atom stereocenters. The summed E-state index contributed by atoms with van der Waals surface area (Å²) in [6.45, 7) is 2.51. The van der Waals surface area contributed by atoms with Crippen LogP contribution in [0.1, 0.15) is 34.4 Å². The van der Waals surface area contributed by atoms with Crippen molar-refractivity contribution in [2.45, 2.75) is 25.8 Å². The standard InChI is InChI=1S/C15H19N3OS/c1-11(16)7-8-17-15(19)13-10-20-14(18-13)9-12-5-3-2-4-6-12/h2-6,10-11H,7-9,16H2,1H3,(H,17,19). The summed E-state index contributed by atoms with van der Waals surface area (Å²) in [7, 11) is 0. The van der Waals surface area contributed by atoms with Gasteiger partial charge in [-0.3, -0.25) is 4.79 Å². The molecule has 0 fully saturated rings. The third-order valence-electron chi connectivity index (χ3n) is 2.87. The van der Waals surface area contributed by atoms with E-state index in [9.17, 15) is 4.79 Å². The van der Waals surface area contributed by atoms with Crippen LogP contribution >= 0.6 is 11.3 Å². The molecule has 0 bridgehead atoms. The summed E-state index contributed by atoms with van der Waals surface area (Å²) in [5.74, 6) is -0.124. The van der Waals surface area contributed by atoms with E-state index in [1.807, 2.05) is 25.1 Å². The van der Waals surface area contributed by atoms with E-state index in [-0.39, 0.29) is 11.9 Å². The maximum Gasteiger partial charge on any atom is 0.270 e. The Morgan fingerprint density at radius 1 is 1.40 bits per heavy atom. The van der Waals surface area contributed by atoms with Gasteiger partial charge >= 0.3 is 0 Å². The van der Waals surface area contributed by atoms with Gasteiger partial charge in [0.15, 0.2) is 0 Å². The fourth-order valence-electron chi connectivity index (χ4n) is 1.77. The molecule has 2 aromatic rings. The monoisotopic (exact) mass is 289 g/mol. The number of nitrogens with one attached hydrogen (secondary N) is 1. The molecule has 0 spiro atoms. The van der Waals surface area contributed by atoms with Gasteiger partial charge in [-0.15, -0.1) is 11.3 Å². The van der Waals surface area contributed by atoms with Crippen molar-refractivity contribution < 1.29 is 4.79 Å². The number of benzene rings is 1. The summed E-state index contributed by atoms with van der Waals surface area (Å²) < 4.78 is 0. The highest BCUT2D eigenvalue weighted by atomic mass is 32.1. The zero-order valence-corrected chi connectivity index (χ0v) is 12.3. The van der Waals surface area contributed by atoms with E-state index in [1.54, 1.807) is 5.38 Å². The lowest BCUT2D eigenvalue weighted by Crippen LogP contribution is -2.29. The first-order chi connectivity index (χ1) is 9.65. The summed E-state index contributed by atoms with van der Waals surface area (Å²) in [4.78, 5) is 16.3. The summed E-state index contributed by atoms with van der Waals surface area (Å²) >= 11 is 1.52. The van der Waals surface area contributed by atoms with Crippen LogP contribution in [-0.4, -0.2) is 23.5 Å². The Balaban J connectivity index is 1.90. The number of thiazole rings is 1. The fourth-order valence-corrected chi connectivity index (χ4v) is 2.58. The molecule has 1 aromatic carbocycles. The Labute approximate surface area is 123 Å². The Morgan fingerprint density at radius 2 is 2.15 bits per heavy atom. The zero-order chi connectivity index (χ0) is 14.4. The van der Waals surface area contributed by atoms with E-state index < -0.39 is 0 Å². The fraction of sp³-hybridized carbons (Fsp3) is 0.333. The maximum atomic E-state index is 11.9. The van der Waals surface area contributed by atoms with Crippen molar-refractivity contribution in [1.82, 2.24) is 10.3 Å². The topological polar surface area (TPSA) is 68.0 Å². The molecule has 5 heteroatoms. The van der Waals surface area contributed by atoms with Gasteiger partial charge in [0.2, 0.25) is 0 Å². The van der Waals surface area contributed by atoms with Gasteiger partial charge in [-0.25, -0.2) is 4.98 Å². The van der Waals surface area contributed by atoms with E-state index in [0.717, 1.165) is 17.8 Å². The Hall–Kier alpha value is -1.72. The van der Waals surface area contributed by atoms with Crippen LogP contribution in [0.3, 0.4) is 0 Å². The molecule has 0 aliphatic rings. The molecule has 1 heterocycles. The summed E-state index contributed by atoms with van der Waals surface area (Å²) in [6.07, 6.45) is 1.53. The number of amides is 1. The highest BCUT2D eigenvalue weighted by Gasteiger charge is 2.10. The van der Waals surface area contributed by atoms with Gasteiger partial charge < -0.3 is 11.1 Å². The molecule has 1 unspecified atom stereocenters. The summed E-state index contributed by atoms with van der Waals surface area (Å²) in [5, 5.41) is 5.59. The molecule has 0 saturated heterocycles. The second-order valence-electron chi connectivity index (χ2n) is 4.81. The predicted octanol–water partition coefficient (Wildman–Crippen LogP) is 2.20. The molecular weight excluding hydrogens is 270 g/mol. The number of nitrogens with zero attached hydrogens (tertiary/aromatic N) is 1. The van der Waals surface area contributed by atoms with Gasteiger partial charge in [-0.05, 0) is 18.9 Å². The van der Waals surface area contributed by atoms with Crippen molar-refractivity contribution in [3.63, 3.8) is 0 Å². The molecule has 0 aliphatic heterocycles. The average molecular weight is 289 g/mol. The quantitative estimate of drug-likeness (QED) is 0.856. The van der Waals surface area contributed by atoms with Crippen molar-refractivity contribution in [2.75, 3.05) is 6.54 Å². The van der Waals surface area contributed by atoms with Crippen molar-refractivity contribution in [3.05, 3.63) is 52.0 Å². The van der Waals surface area contributed by atoms with Gasteiger partial charge in [0, 0.05) is 24.4 Å². The van der Waals surface area contributed by atoms with Crippen molar-refractivity contribution >= 4 is 17.2 Å². The van der Waals surface area contributed by atoms with E-state index >= 15 is 0 Å². The number of hydrogen-bond donors (Lipinski definition) is 2. The molecule has 0 saturated carbocycles. The van der Waals surface area contributed by atoms with E-state index in [0.29, 0.717) is 12.2 Å². The van der Waals surface area contributed by atoms with Gasteiger partial charge in [0.05, 0.1) is 5.01 Å². The number of rotatable bonds is 6. The molecular formula is C15H19N3OS. The van der Waals surface area contributed by atoms with Crippen LogP contribution in [-0.2, 0) is 6.42 Å². The van der Waals surface area contributed by atoms with Gasteiger partial charge in [0.1, 0.15) is 5.69 Å². The second-order valence-corrected chi connectivity index (χ2v) is 5.75. The zero-order valence-electron chi connectivity index (χ0n) is 11.5. The molecule has 4 nitrogen and oxygen atoms in total. The predicted molar refractivity (Wildman–Crippen MR) is 82.0 cm³/mol. The number of aromatic nitrogens is 1. The summed E-state index contributed by atoms with van der Waals surface area (Å²) in [6, 6.07) is 10.2. The molecule has 0 radical (unpaired) electrons. The van der Waals surface area contributed by atoms with E-state index in [4.69, 9.17) is 5.73 Å². The van der Waals surface area contributed by atoms with Crippen LogP contribution in [0.5, 0.6) is 0 Å². The van der Waals surface area contributed by atoms with E-state index in [1.165, 1.54) is 16.9 Å². The molecule has 0 aliphatic carbocycles. The maximum absolute atomic E-state index is 11.9. The Kier molecular flexibility index (Phi) is 5.26. The van der Waals surface area contributed by atoms with Crippen molar-refractivity contribution in [3.8, 4) is 0 Å². The number of hydrogen-bond acceptors (Lipinski definition) is 4. The third kappa shape index (κ3) is 4.43. The largest absolute Gasteiger partial charge is 0.351 e. The third-order valence-corrected chi connectivity index (χ3v) is 3.72. The molecule has 106 valence electrons. The van der Waals surface area contributed by atoms with Crippen molar-refractivity contribution in [2.24, 2.45) is 5.73 Å². The lowest BCUT2D eigenvalue weighted by Gasteiger charge is -2.05. The first-order valence-corrected chi connectivity index (χ1v) is 7.55. The van der Waals surface area contributed by atoms with Crippen LogP contribution in [0.15, 0.2) is 35.7 Å². The summed E-state index contributed by atoms with van der Waals surface area (Å²) in [5.41, 5.74) is 7.33. The van der Waals surface area contributed by atoms with Crippen LogP contribution < -0.4 is 11.1 Å². The molecule has 2 rings (SSSR count). The highest BCUT2D eigenvalue weighted by Crippen LogP contribution is 2.14. The van der Waals surface area contributed by atoms with Gasteiger partial charge in [-0.1, -0.05) is 30.3 Å². The lowest BCUT2D eigenvalue weighted by atomic mass is 10.2. The minimum absolute atomic E-state index is 0.0966. The molecule has 1 aromatic heterocycles. The highest BCUT2D eigenvalue weighted by molar-refractivity contribution is 7.09. The van der Waals surface area contributed by atoms with Crippen LogP contribution in [0, 0.1) is 0 Å². The first-order valence-electron chi connectivity index (χ1n) is 6.67. The smallest absolute Gasteiger partial charge is 0.270 e. The molecule has 3 N–H and O–H groups in total. The molecule has 1 amide bonds. The molecule has 20 heavy (non-hydrogen) atoms. The Bertz CT molecular complexity index is 551. The van der Waals surface area contributed by atoms with Gasteiger partial charge in [0.25, 0.3) is 5.91 Å². The number of nitrogens with two attached hydrogens (primary N) is 1. The lowest BCUT2D eigenvalue weighted by molar-refractivity contribution is 0.0948. The van der Waals surface area contributed by atoms with Gasteiger partial charge in [-0.2, -0.15) is 0 Å². The SMILES string of the molecule is CC(N)CCNC(=O)c1csc(Cc2ccccc2)n1.